The first kappa shape index (κ1) is 11.0. The standard InChI is InChI=1S/C5H12FN.ClH/c1-4(7)5(2,3)6;/h4H,7H2,1-3H3;1H. The van der Waals surface area contributed by atoms with Gasteiger partial charge >= 0.3 is 0 Å². The number of hydrogen-bond acceptors (Lipinski definition) is 1. The molecular formula is C5H13ClFN. The summed E-state index contributed by atoms with van der Waals surface area (Å²) in [6.45, 7) is 4.59. The van der Waals surface area contributed by atoms with E-state index in [-0.39, 0.29) is 18.4 Å². The highest BCUT2D eigenvalue weighted by Crippen LogP contribution is 2.10. The average molecular weight is 142 g/mol. The van der Waals surface area contributed by atoms with Gasteiger partial charge in [-0.1, -0.05) is 0 Å². The van der Waals surface area contributed by atoms with E-state index in [4.69, 9.17) is 5.73 Å². The topological polar surface area (TPSA) is 26.0 Å². The second-order valence-corrected chi connectivity index (χ2v) is 2.35. The van der Waals surface area contributed by atoms with Crippen LogP contribution in [0, 0.1) is 0 Å². The molecule has 1 atom stereocenters. The predicted octanol–water partition coefficient (Wildman–Crippen LogP) is 1.50. The number of rotatable bonds is 1. The van der Waals surface area contributed by atoms with Gasteiger partial charge in [0.1, 0.15) is 5.67 Å². The lowest BCUT2D eigenvalue weighted by Crippen LogP contribution is -2.36. The van der Waals surface area contributed by atoms with E-state index in [2.05, 4.69) is 0 Å². The fourth-order valence-electron chi connectivity index (χ4n) is 0. The lowest BCUT2D eigenvalue weighted by Gasteiger charge is -2.17. The highest BCUT2D eigenvalue weighted by Gasteiger charge is 2.19. The zero-order valence-electron chi connectivity index (χ0n) is 5.44. The molecule has 2 N–H and O–H groups in total. The molecule has 1 unspecified atom stereocenters. The summed E-state index contributed by atoms with van der Waals surface area (Å²) in [6.07, 6.45) is 0. The van der Waals surface area contributed by atoms with Gasteiger partial charge < -0.3 is 5.73 Å². The summed E-state index contributed by atoms with van der Waals surface area (Å²) >= 11 is 0. The Morgan fingerprint density at radius 3 is 1.62 bits per heavy atom. The average Bonchev–Trinajstić information content (AvgIpc) is 1.31. The molecule has 3 heteroatoms. The van der Waals surface area contributed by atoms with Gasteiger partial charge in [-0.05, 0) is 20.8 Å². The Morgan fingerprint density at radius 1 is 1.50 bits per heavy atom. The molecule has 0 aromatic carbocycles. The molecule has 0 aromatic rings. The molecule has 8 heavy (non-hydrogen) atoms. The van der Waals surface area contributed by atoms with Crippen molar-refractivity contribution in [2.75, 3.05) is 0 Å². The molecular weight excluding hydrogens is 129 g/mol. The van der Waals surface area contributed by atoms with Crippen LogP contribution >= 0.6 is 12.4 Å². The van der Waals surface area contributed by atoms with Crippen LogP contribution in [0.4, 0.5) is 4.39 Å². The molecule has 0 spiro atoms. The van der Waals surface area contributed by atoms with Crippen molar-refractivity contribution in [1.82, 2.24) is 0 Å². The maximum Gasteiger partial charge on any atom is 0.120 e. The lowest BCUT2D eigenvalue weighted by molar-refractivity contribution is 0.182. The van der Waals surface area contributed by atoms with Gasteiger partial charge in [-0.3, -0.25) is 0 Å². The van der Waals surface area contributed by atoms with Gasteiger partial charge in [0.2, 0.25) is 0 Å². The van der Waals surface area contributed by atoms with Crippen molar-refractivity contribution in [3.8, 4) is 0 Å². The fraction of sp³-hybridized carbons (Fsp3) is 1.00. The SMILES string of the molecule is CC(N)C(C)(C)F.Cl. The van der Waals surface area contributed by atoms with E-state index in [1.165, 1.54) is 13.8 Å². The Bertz CT molecular complexity index is 57.9. The molecule has 0 rings (SSSR count). The molecule has 0 aromatic heterocycles. The molecule has 0 aliphatic rings. The van der Waals surface area contributed by atoms with Gasteiger partial charge in [-0.15, -0.1) is 12.4 Å². The number of alkyl halides is 1. The normalized spacial score (nSPS) is 14.6. The van der Waals surface area contributed by atoms with Crippen molar-refractivity contribution in [1.29, 1.82) is 0 Å². The molecule has 0 bridgehead atoms. The van der Waals surface area contributed by atoms with Crippen molar-refractivity contribution in [2.24, 2.45) is 5.73 Å². The Hall–Kier alpha value is 0.180. The summed E-state index contributed by atoms with van der Waals surface area (Å²) in [6, 6.07) is -0.368. The third kappa shape index (κ3) is 4.34. The van der Waals surface area contributed by atoms with Crippen LogP contribution in [-0.4, -0.2) is 11.7 Å². The minimum atomic E-state index is -1.22. The van der Waals surface area contributed by atoms with Crippen molar-refractivity contribution >= 4 is 12.4 Å². The smallest absolute Gasteiger partial charge is 0.120 e. The monoisotopic (exact) mass is 141 g/mol. The summed E-state index contributed by atoms with van der Waals surface area (Å²) in [5, 5.41) is 0. The van der Waals surface area contributed by atoms with Gasteiger partial charge in [0.15, 0.2) is 0 Å². The maximum atomic E-state index is 12.4. The first-order chi connectivity index (χ1) is 2.94. The number of hydrogen-bond donors (Lipinski definition) is 1. The third-order valence-corrected chi connectivity index (χ3v) is 1.08. The molecule has 0 fully saturated rings. The van der Waals surface area contributed by atoms with Crippen LogP contribution in [-0.2, 0) is 0 Å². The van der Waals surface area contributed by atoms with E-state index in [0.29, 0.717) is 0 Å². The van der Waals surface area contributed by atoms with E-state index >= 15 is 0 Å². The predicted molar refractivity (Wildman–Crippen MR) is 36.1 cm³/mol. The largest absolute Gasteiger partial charge is 0.325 e. The molecule has 52 valence electrons. The summed E-state index contributed by atoms with van der Waals surface area (Å²) < 4.78 is 12.4. The van der Waals surface area contributed by atoms with E-state index in [0.717, 1.165) is 0 Å². The van der Waals surface area contributed by atoms with Gasteiger partial charge in [0, 0.05) is 6.04 Å². The van der Waals surface area contributed by atoms with Crippen molar-refractivity contribution < 1.29 is 4.39 Å². The van der Waals surface area contributed by atoms with Crippen molar-refractivity contribution in [2.45, 2.75) is 32.5 Å². The molecule has 0 amide bonds. The van der Waals surface area contributed by atoms with Gasteiger partial charge in [0.25, 0.3) is 0 Å². The van der Waals surface area contributed by atoms with Crippen LogP contribution in [0.3, 0.4) is 0 Å². The minimum absolute atomic E-state index is 0. The van der Waals surface area contributed by atoms with Gasteiger partial charge in [-0.25, -0.2) is 4.39 Å². The highest BCUT2D eigenvalue weighted by molar-refractivity contribution is 5.85. The zero-order valence-corrected chi connectivity index (χ0v) is 6.26. The second-order valence-electron chi connectivity index (χ2n) is 2.35. The molecule has 0 saturated heterocycles. The summed E-state index contributed by atoms with van der Waals surface area (Å²) in [7, 11) is 0. The lowest BCUT2D eigenvalue weighted by atomic mass is 10.0. The quantitative estimate of drug-likeness (QED) is 0.589. The zero-order chi connectivity index (χ0) is 6.08. The van der Waals surface area contributed by atoms with Crippen LogP contribution in [0.2, 0.25) is 0 Å². The Kier molecular flexibility index (Phi) is 4.49. The van der Waals surface area contributed by atoms with Crippen molar-refractivity contribution in [3.05, 3.63) is 0 Å². The highest BCUT2D eigenvalue weighted by atomic mass is 35.5. The van der Waals surface area contributed by atoms with Crippen molar-refractivity contribution in [3.63, 3.8) is 0 Å². The summed E-state index contributed by atoms with van der Waals surface area (Å²) in [4.78, 5) is 0. The third-order valence-electron chi connectivity index (χ3n) is 1.08. The van der Waals surface area contributed by atoms with Gasteiger partial charge in [-0.2, -0.15) is 0 Å². The first-order valence-corrected chi connectivity index (χ1v) is 2.39. The Morgan fingerprint density at radius 2 is 1.62 bits per heavy atom. The molecule has 0 radical (unpaired) electrons. The van der Waals surface area contributed by atoms with Crippen LogP contribution in [0.25, 0.3) is 0 Å². The van der Waals surface area contributed by atoms with Crippen LogP contribution in [0.15, 0.2) is 0 Å². The Labute approximate surface area is 55.9 Å². The second kappa shape index (κ2) is 3.25. The Balaban J connectivity index is 0. The fourth-order valence-corrected chi connectivity index (χ4v) is 0. The summed E-state index contributed by atoms with van der Waals surface area (Å²) in [5.74, 6) is 0. The van der Waals surface area contributed by atoms with E-state index in [1.54, 1.807) is 6.92 Å². The van der Waals surface area contributed by atoms with E-state index in [1.807, 2.05) is 0 Å². The molecule has 0 heterocycles. The molecule has 1 nitrogen and oxygen atoms in total. The van der Waals surface area contributed by atoms with Crippen LogP contribution < -0.4 is 5.73 Å². The van der Waals surface area contributed by atoms with E-state index in [9.17, 15) is 4.39 Å². The summed E-state index contributed by atoms with van der Waals surface area (Å²) in [5.41, 5.74) is 3.97. The molecule has 0 aliphatic heterocycles. The molecule has 0 saturated carbocycles. The van der Waals surface area contributed by atoms with E-state index < -0.39 is 5.67 Å². The number of halogens is 2. The number of nitrogens with two attached hydrogens (primary N) is 1. The van der Waals surface area contributed by atoms with Crippen LogP contribution in [0.1, 0.15) is 20.8 Å². The molecule has 0 aliphatic carbocycles. The van der Waals surface area contributed by atoms with Gasteiger partial charge in [0.05, 0.1) is 0 Å². The van der Waals surface area contributed by atoms with Crippen LogP contribution in [0.5, 0.6) is 0 Å². The maximum absolute atomic E-state index is 12.4. The first-order valence-electron chi connectivity index (χ1n) is 2.39. The minimum Gasteiger partial charge on any atom is -0.325 e.